The van der Waals surface area contributed by atoms with Crippen molar-refractivity contribution in [2.45, 2.75) is 32.3 Å². The zero-order valence-electron chi connectivity index (χ0n) is 11.0. The van der Waals surface area contributed by atoms with Gasteiger partial charge in [-0.3, -0.25) is 9.59 Å². The molecule has 0 radical (unpaired) electrons. The molecule has 1 unspecified atom stereocenters. The summed E-state index contributed by atoms with van der Waals surface area (Å²) >= 11 is 0. The highest BCUT2D eigenvalue weighted by atomic mass is 16.5. The van der Waals surface area contributed by atoms with E-state index >= 15 is 0 Å². The number of nitrogens with two attached hydrogens (primary N) is 1. The van der Waals surface area contributed by atoms with Crippen molar-refractivity contribution in [3.63, 3.8) is 0 Å². The molecule has 3 N–H and O–H groups in total. The van der Waals surface area contributed by atoms with Crippen molar-refractivity contribution in [3.05, 3.63) is 0 Å². The molecular weight excluding hydrogens is 234 g/mol. The first-order valence-corrected chi connectivity index (χ1v) is 6.52. The van der Waals surface area contributed by atoms with Gasteiger partial charge in [0.05, 0.1) is 25.7 Å². The Morgan fingerprint density at radius 3 is 2.83 bits per heavy atom. The van der Waals surface area contributed by atoms with Gasteiger partial charge in [0.25, 0.3) is 0 Å². The van der Waals surface area contributed by atoms with Crippen molar-refractivity contribution >= 4 is 11.8 Å². The van der Waals surface area contributed by atoms with E-state index in [4.69, 9.17) is 10.5 Å². The fraction of sp³-hybridized carbons (Fsp3) is 0.833. The van der Waals surface area contributed by atoms with Gasteiger partial charge in [-0.1, -0.05) is 13.3 Å². The second kappa shape index (κ2) is 8.05. The van der Waals surface area contributed by atoms with Crippen LogP contribution < -0.4 is 11.1 Å². The molecule has 1 aliphatic heterocycles. The van der Waals surface area contributed by atoms with Crippen LogP contribution in [0.5, 0.6) is 0 Å². The largest absolute Gasteiger partial charge is 0.375 e. The number of nitrogens with zero attached hydrogens (tertiary/aromatic N) is 1. The Morgan fingerprint density at radius 1 is 1.50 bits per heavy atom. The normalized spacial score (nSPS) is 19.5. The topological polar surface area (TPSA) is 84.7 Å². The van der Waals surface area contributed by atoms with Gasteiger partial charge in [0.2, 0.25) is 11.8 Å². The maximum absolute atomic E-state index is 12.1. The first-order valence-electron chi connectivity index (χ1n) is 6.52. The molecule has 1 saturated heterocycles. The van der Waals surface area contributed by atoms with Gasteiger partial charge in [0.1, 0.15) is 0 Å². The highest BCUT2D eigenvalue weighted by molar-refractivity contribution is 5.84. The van der Waals surface area contributed by atoms with E-state index in [9.17, 15) is 9.59 Å². The Kier molecular flexibility index (Phi) is 6.67. The van der Waals surface area contributed by atoms with Gasteiger partial charge in [-0.25, -0.2) is 0 Å². The van der Waals surface area contributed by atoms with E-state index < -0.39 is 5.91 Å². The highest BCUT2D eigenvalue weighted by Crippen LogP contribution is 2.06. The number of primary amides is 1. The first kappa shape index (κ1) is 14.9. The van der Waals surface area contributed by atoms with E-state index in [2.05, 4.69) is 5.32 Å². The molecule has 104 valence electrons. The maximum atomic E-state index is 12.1. The van der Waals surface area contributed by atoms with E-state index in [1.807, 2.05) is 6.92 Å². The molecule has 2 amide bonds. The molecule has 1 rings (SSSR count). The van der Waals surface area contributed by atoms with Crippen LogP contribution in [-0.2, 0) is 14.3 Å². The molecule has 1 fully saturated rings. The van der Waals surface area contributed by atoms with Crippen LogP contribution in [0.3, 0.4) is 0 Å². The van der Waals surface area contributed by atoms with Gasteiger partial charge >= 0.3 is 0 Å². The standard InChI is InChI=1S/C12H23N3O3/c1-2-3-5-15(9-11(13)16)12(17)7-10-8-14-4-6-18-10/h10,14H,2-9H2,1H3,(H2,13,16). The number of unbranched alkanes of at least 4 members (excludes halogenated alkanes) is 1. The molecule has 0 spiro atoms. The van der Waals surface area contributed by atoms with E-state index in [1.54, 1.807) is 0 Å². The molecule has 0 saturated carbocycles. The molecule has 0 aromatic carbocycles. The number of hydrogen-bond acceptors (Lipinski definition) is 4. The maximum Gasteiger partial charge on any atom is 0.237 e. The summed E-state index contributed by atoms with van der Waals surface area (Å²) < 4.78 is 5.48. The number of carbonyl (C=O) groups is 2. The van der Waals surface area contributed by atoms with Crippen molar-refractivity contribution < 1.29 is 14.3 Å². The summed E-state index contributed by atoms with van der Waals surface area (Å²) in [4.78, 5) is 24.5. The lowest BCUT2D eigenvalue weighted by Crippen LogP contribution is -2.44. The first-order chi connectivity index (χ1) is 8.63. The molecular formula is C12H23N3O3. The van der Waals surface area contributed by atoms with Crippen molar-refractivity contribution in [1.82, 2.24) is 10.2 Å². The quantitative estimate of drug-likeness (QED) is 0.642. The zero-order chi connectivity index (χ0) is 13.4. The third-order valence-electron chi connectivity index (χ3n) is 2.89. The zero-order valence-corrected chi connectivity index (χ0v) is 11.0. The molecule has 1 aliphatic rings. The number of nitrogens with one attached hydrogen (secondary N) is 1. The second-order valence-corrected chi connectivity index (χ2v) is 4.54. The molecule has 6 nitrogen and oxygen atoms in total. The second-order valence-electron chi connectivity index (χ2n) is 4.54. The van der Waals surface area contributed by atoms with Crippen LogP contribution in [0.15, 0.2) is 0 Å². The molecule has 0 bridgehead atoms. The Balaban J connectivity index is 2.43. The number of morpholine rings is 1. The number of ether oxygens (including phenoxy) is 1. The summed E-state index contributed by atoms with van der Waals surface area (Å²) in [5, 5.41) is 3.18. The molecule has 0 aromatic heterocycles. The summed E-state index contributed by atoms with van der Waals surface area (Å²) in [6, 6.07) is 0. The van der Waals surface area contributed by atoms with Gasteiger partial charge in [-0.2, -0.15) is 0 Å². The van der Waals surface area contributed by atoms with Crippen LogP contribution in [-0.4, -0.2) is 55.6 Å². The minimum absolute atomic E-state index is 0.00101. The van der Waals surface area contributed by atoms with Crippen molar-refractivity contribution in [2.75, 3.05) is 32.8 Å². The summed E-state index contributed by atoms with van der Waals surface area (Å²) in [6.45, 7) is 4.76. The summed E-state index contributed by atoms with van der Waals surface area (Å²) in [5.41, 5.74) is 5.16. The summed E-state index contributed by atoms with van der Waals surface area (Å²) in [6.07, 6.45) is 2.07. The number of carbonyl (C=O) groups excluding carboxylic acids is 2. The van der Waals surface area contributed by atoms with Crippen LogP contribution in [0.25, 0.3) is 0 Å². The van der Waals surface area contributed by atoms with Crippen molar-refractivity contribution in [3.8, 4) is 0 Å². The lowest BCUT2D eigenvalue weighted by molar-refractivity contribution is -0.138. The van der Waals surface area contributed by atoms with Crippen LogP contribution >= 0.6 is 0 Å². The minimum atomic E-state index is -0.470. The van der Waals surface area contributed by atoms with Gasteiger partial charge < -0.3 is 20.7 Å². The Labute approximate surface area is 108 Å². The van der Waals surface area contributed by atoms with E-state index in [0.717, 1.165) is 19.4 Å². The van der Waals surface area contributed by atoms with Gasteiger partial charge in [-0.15, -0.1) is 0 Å². The average Bonchev–Trinajstić information content (AvgIpc) is 2.35. The smallest absolute Gasteiger partial charge is 0.237 e. The number of rotatable bonds is 7. The summed E-state index contributed by atoms with van der Waals surface area (Å²) in [5.74, 6) is -0.530. The number of amides is 2. The Bertz CT molecular complexity index is 278. The van der Waals surface area contributed by atoms with Crippen LogP contribution in [0.1, 0.15) is 26.2 Å². The van der Waals surface area contributed by atoms with Crippen LogP contribution in [0.2, 0.25) is 0 Å². The Hall–Kier alpha value is -1.14. The third-order valence-corrected chi connectivity index (χ3v) is 2.89. The highest BCUT2D eigenvalue weighted by Gasteiger charge is 2.22. The predicted molar refractivity (Wildman–Crippen MR) is 67.9 cm³/mol. The van der Waals surface area contributed by atoms with E-state index in [1.165, 1.54) is 4.90 Å². The fourth-order valence-corrected chi connectivity index (χ4v) is 1.90. The molecule has 6 heteroatoms. The summed E-state index contributed by atoms with van der Waals surface area (Å²) in [7, 11) is 0. The van der Waals surface area contributed by atoms with Crippen molar-refractivity contribution in [2.24, 2.45) is 5.73 Å². The van der Waals surface area contributed by atoms with Gasteiger partial charge in [0, 0.05) is 19.6 Å². The molecule has 0 aliphatic carbocycles. The SMILES string of the molecule is CCCCN(CC(N)=O)C(=O)CC1CNCCO1. The lowest BCUT2D eigenvalue weighted by atomic mass is 10.2. The number of hydrogen-bond donors (Lipinski definition) is 2. The van der Waals surface area contributed by atoms with Gasteiger partial charge in [-0.05, 0) is 6.42 Å². The molecule has 1 atom stereocenters. The fourth-order valence-electron chi connectivity index (χ4n) is 1.90. The third kappa shape index (κ3) is 5.46. The predicted octanol–water partition coefficient (Wildman–Crippen LogP) is -0.521. The van der Waals surface area contributed by atoms with Crippen molar-refractivity contribution in [1.29, 1.82) is 0 Å². The van der Waals surface area contributed by atoms with E-state index in [-0.39, 0.29) is 18.6 Å². The lowest BCUT2D eigenvalue weighted by Gasteiger charge is -2.27. The molecule has 0 aromatic rings. The monoisotopic (exact) mass is 257 g/mol. The van der Waals surface area contributed by atoms with Gasteiger partial charge in [0.15, 0.2) is 0 Å². The average molecular weight is 257 g/mol. The van der Waals surface area contributed by atoms with Crippen LogP contribution in [0, 0.1) is 0 Å². The molecule has 18 heavy (non-hydrogen) atoms. The van der Waals surface area contributed by atoms with Crippen LogP contribution in [0.4, 0.5) is 0 Å². The minimum Gasteiger partial charge on any atom is -0.375 e. The molecule has 1 heterocycles. The van der Waals surface area contributed by atoms with E-state index in [0.29, 0.717) is 26.1 Å². The Morgan fingerprint density at radius 2 is 2.28 bits per heavy atom.